The molecule has 0 atom stereocenters. The number of ketones is 1. The Bertz CT molecular complexity index is 1060. The summed E-state index contributed by atoms with van der Waals surface area (Å²) in [4.78, 5) is 12.9. The van der Waals surface area contributed by atoms with Gasteiger partial charge in [0.05, 0.1) is 11.3 Å². The topological polar surface area (TPSA) is 52.7 Å². The Kier molecular flexibility index (Phi) is 5.34. The molecule has 1 saturated carbocycles. The van der Waals surface area contributed by atoms with Gasteiger partial charge in [0, 0.05) is 29.0 Å². The summed E-state index contributed by atoms with van der Waals surface area (Å²) in [6.07, 6.45) is 2.05. The second kappa shape index (κ2) is 7.78. The molecule has 0 aliphatic heterocycles. The van der Waals surface area contributed by atoms with Crippen molar-refractivity contribution >= 4 is 17.5 Å². The highest BCUT2D eigenvalue weighted by molar-refractivity contribution is 7.99. The minimum Gasteiger partial charge on any atom is -0.346 e. The number of nitrogens with zero attached hydrogens (tertiary/aromatic N) is 4. The predicted molar refractivity (Wildman–Crippen MR) is 113 cm³/mol. The van der Waals surface area contributed by atoms with Gasteiger partial charge in [-0.3, -0.25) is 9.36 Å². The van der Waals surface area contributed by atoms with Gasteiger partial charge < -0.3 is 4.57 Å². The van der Waals surface area contributed by atoms with Crippen LogP contribution in [0.15, 0.2) is 35.5 Å². The van der Waals surface area contributed by atoms with Crippen molar-refractivity contribution in [3.05, 3.63) is 53.1 Å². The zero-order chi connectivity index (χ0) is 20.7. The third-order valence-electron chi connectivity index (χ3n) is 5.32. The van der Waals surface area contributed by atoms with Crippen LogP contribution in [0.4, 0.5) is 4.39 Å². The van der Waals surface area contributed by atoms with Gasteiger partial charge in [0.1, 0.15) is 5.82 Å². The Morgan fingerprint density at radius 1 is 1.24 bits per heavy atom. The molecule has 7 heteroatoms. The molecule has 152 valence electrons. The van der Waals surface area contributed by atoms with Crippen molar-refractivity contribution in [3.8, 4) is 11.4 Å². The molecule has 1 aliphatic rings. The quantitative estimate of drug-likeness (QED) is 0.385. The number of hydrogen-bond acceptors (Lipinski definition) is 4. The van der Waals surface area contributed by atoms with Crippen molar-refractivity contribution in [1.29, 1.82) is 0 Å². The molecule has 5 nitrogen and oxygen atoms in total. The highest BCUT2D eigenvalue weighted by Gasteiger charge is 2.31. The summed E-state index contributed by atoms with van der Waals surface area (Å²) in [5.41, 5.74) is 3.30. The lowest BCUT2D eigenvalue weighted by Crippen LogP contribution is -2.09. The van der Waals surface area contributed by atoms with Crippen LogP contribution in [0.5, 0.6) is 0 Å². The van der Waals surface area contributed by atoms with E-state index in [0.717, 1.165) is 29.8 Å². The van der Waals surface area contributed by atoms with E-state index in [1.54, 1.807) is 18.2 Å². The number of aromatic nitrogens is 4. The van der Waals surface area contributed by atoms with E-state index >= 15 is 0 Å². The summed E-state index contributed by atoms with van der Waals surface area (Å²) in [6, 6.07) is 9.17. The van der Waals surface area contributed by atoms with E-state index in [0.29, 0.717) is 22.6 Å². The molecule has 0 saturated heterocycles. The SMILES string of the molecule is Cc1cc(C(=O)CSc2nnc(-c3ccccc3F)n2C2CC2)c(C)n1C(C)C. The maximum atomic E-state index is 14.3. The lowest BCUT2D eigenvalue weighted by molar-refractivity contribution is 0.102. The summed E-state index contributed by atoms with van der Waals surface area (Å²) in [6.45, 7) is 8.26. The second-order valence-electron chi connectivity index (χ2n) is 7.85. The van der Waals surface area contributed by atoms with Crippen LogP contribution in [0.25, 0.3) is 11.4 Å². The number of hydrogen-bond donors (Lipinski definition) is 0. The Labute approximate surface area is 174 Å². The smallest absolute Gasteiger partial charge is 0.192 e. The normalized spacial score (nSPS) is 14.0. The van der Waals surface area contributed by atoms with Gasteiger partial charge in [-0.05, 0) is 58.7 Å². The van der Waals surface area contributed by atoms with E-state index in [1.807, 2.05) is 24.5 Å². The number of thioether (sulfide) groups is 1. The summed E-state index contributed by atoms with van der Waals surface area (Å²) in [5, 5.41) is 9.22. The second-order valence-corrected chi connectivity index (χ2v) is 8.79. The maximum Gasteiger partial charge on any atom is 0.192 e. The van der Waals surface area contributed by atoms with Gasteiger partial charge in [-0.2, -0.15) is 0 Å². The van der Waals surface area contributed by atoms with Gasteiger partial charge in [0.2, 0.25) is 0 Å². The number of rotatable bonds is 7. The van der Waals surface area contributed by atoms with Crippen LogP contribution in [0.2, 0.25) is 0 Å². The van der Waals surface area contributed by atoms with Crippen molar-refractivity contribution in [2.45, 2.75) is 57.8 Å². The maximum absolute atomic E-state index is 14.3. The molecule has 2 aromatic heterocycles. The summed E-state index contributed by atoms with van der Waals surface area (Å²) >= 11 is 1.38. The third-order valence-corrected chi connectivity index (χ3v) is 6.27. The molecule has 0 unspecified atom stereocenters. The minimum atomic E-state index is -0.310. The monoisotopic (exact) mass is 412 g/mol. The van der Waals surface area contributed by atoms with Crippen molar-refractivity contribution in [2.75, 3.05) is 5.75 Å². The minimum absolute atomic E-state index is 0.0767. The third kappa shape index (κ3) is 3.75. The van der Waals surface area contributed by atoms with Crippen LogP contribution in [-0.2, 0) is 0 Å². The molecule has 0 spiro atoms. The molecular weight excluding hydrogens is 387 g/mol. The molecule has 4 rings (SSSR count). The fourth-order valence-corrected chi connectivity index (χ4v) is 4.81. The summed E-state index contributed by atoms with van der Waals surface area (Å²) < 4.78 is 18.5. The number of halogens is 1. The average Bonchev–Trinajstić information content (AvgIpc) is 3.35. The Morgan fingerprint density at radius 3 is 2.59 bits per heavy atom. The molecule has 0 N–H and O–H groups in total. The first-order chi connectivity index (χ1) is 13.9. The van der Waals surface area contributed by atoms with Crippen LogP contribution in [-0.4, -0.2) is 30.9 Å². The van der Waals surface area contributed by atoms with E-state index in [-0.39, 0.29) is 23.4 Å². The van der Waals surface area contributed by atoms with Gasteiger partial charge in [-0.15, -0.1) is 10.2 Å². The summed E-state index contributed by atoms with van der Waals surface area (Å²) in [5.74, 6) is 0.590. The highest BCUT2D eigenvalue weighted by Crippen LogP contribution is 2.41. The van der Waals surface area contributed by atoms with Crippen LogP contribution >= 0.6 is 11.8 Å². The van der Waals surface area contributed by atoms with Crippen LogP contribution < -0.4 is 0 Å². The fourth-order valence-electron chi connectivity index (χ4n) is 3.93. The first kappa shape index (κ1) is 19.9. The van der Waals surface area contributed by atoms with Crippen molar-refractivity contribution < 1.29 is 9.18 Å². The molecule has 1 fully saturated rings. The lowest BCUT2D eigenvalue weighted by atomic mass is 10.2. The van der Waals surface area contributed by atoms with Gasteiger partial charge in [0.25, 0.3) is 0 Å². The zero-order valence-corrected chi connectivity index (χ0v) is 18.0. The van der Waals surface area contributed by atoms with Crippen molar-refractivity contribution in [1.82, 2.24) is 19.3 Å². The zero-order valence-electron chi connectivity index (χ0n) is 17.1. The molecule has 29 heavy (non-hydrogen) atoms. The molecule has 2 heterocycles. The number of aryl methyl sites for hydroxylation is 1. The fraction of sp³-hybridized carbons (Fsp3) is 0.409. The number of carbonyl (C=O) groups is 1. The molecule has 0 amide bonds. The van der Waals surface area contributed by atoms with E-state index in [2.05, 4.69) is 28.6 Å². The largest absolute Gasteiger partial charge is 0.346 e. The average molecular weight is 413 g/mol. The van der Waals surface area contributed by atoms with Crippen LogP contribution in [0.1, 0.15) is 60.5 Å². The standard InChI is InChI=1S/C22H25FN4OS/c1-13(2)26-14(3)11-18(15(26)4)20(28)12-29-22-25-24-21(27(22)16-9-10-16)17-7-5-6-8-19(17)23/h5-8,11,13,16H,9-10,12H2,1-4H3. The first-order valence-electron chi connectivity index (χ1n) is 9.92. The van der Waals surface area contributed by atoms with Crippen LogP contribution in [0, 0.1) is 19.7 Å². The highest BCUT2D eigenvalue weighted by atomic mass is 32.2. The van der Waals surface area contributed by atoms with Crippen molar-refractivity contribution in [3.63, 3.8) is 0 Å². The molecular formula is C22H25FN4OS. The van der Waals surface area contributed by atoms with E-state index in [9.17, 15) is 9.18 Å². The molecule has 0 bridgehead atoms. The van der Waals surface area contributed by atoms with E-state index in [4.69, 9.17) is 0 Å². The van der Waals surface area contributed by atoms with Crippen LogP contribution in [0.3, 0.4) is 0 Å². The van der Waals surface area contributed by atoms with Gasteiger partial charge in [-0.1, -0.05) is 23.9 Å². The van der Waals surface area contributed by atoms with E-state index < -0.39 is 0 Å². The first-order valence-corrected chi connectivity index (χ1v) is 10.9. The molecule has 1 aliphatic carbocycles. The molecule has 1 aromatic carbocycles. The number of carbonyl (C=O) groups excluding carboxylic acids is 1. The number of benzene rings is 1. The Balaban J connectivity index is 1.58. The van der Waals surface area contributed by atoms with Crippen molar-refractivity contribution in [2.24, 2.45) is 0 Å². The summed E-state index contributed by atoms with van der Waals surface area (Å²) in [7, 11) is 0. The Hall–Kier alpha value is -2.41. The molecule has 3 aromatic rings. The van der Waals surface area contributed by atoms with E-state index in [1.165, 1.54) is 17.8 Å². The number of Topliss-reactive ketones (excluding diaryl/α,β-unsaturated/α-hetero) is 1. The lowest BCUT2D eigenvalue weighted by Gasteiger charge is -2.13. The molecule has 0 radical (unpaired) electrons. The predicted octanol–water partition coefficient (Wildman–Crippen LogP) is 5.39. The Morgan fingerprint density at radius 2 is 1.97 bits per heavy atom. The van der Waals surface area contributed by atoms with Gasteiger partial charge >= 0.3 is 0 Å². The van der Waals surface area contributed by atoms with Gasteiger partial charge in [-0.25, -0.2) is 4.39 Å². The van der Waals surface area contributed by atoms with Gasteiger partial charge in [0.15, 0.2) is 16.8 Å².